The summed E-state index contributed by atoms with van der Waals surface area (Å²) in [5, 5.41) is 0. The van der Waals surface area contributed by atoms with Crippen molar-refractivity contribution in [3.63, 3.8) is 0 Å². The molecule has 0 amide bonds. The summed E-state index contributed by atoms with van der Waals surface area (Å²) in [6, 6.07) is 34.3. The van der Waals surface area contributed by atoms with Gasteiger partial charge in [-0.05, 0) is 97.1 Å². The van der Waals surface area contributed by atoms with E-state index in [0.717, 1.165) is 48.5 Å². The number of ketones is 4. The lowest BCUT2D eigenvalue weighted by Gasteiger charge is -2.09. The van der Waals surface area contributed by atoms with Gasteiger partial charge in [0.1, 0.15) is 0 Å². The van der Waals surface area contributed by atoms with E-state index in [1.54, 1.807) is 36.4 Å². The van der Waals surface area contributed by atoms with Crippen LogP contribution in [0.3, 0.4) is 0 Å². The molecule has 0 aromatic heterocycles. The van der Waals surface area contributed by atoms with Crippen LogP contribution in [0.25, 0.3) is 0 Å². The molecule has 6 aromatic carbocycles. The zero-order valence-electron chi connectivity index (χ0n) is 27.3. The first-order valence-electron chi connectivity index (χ1n) is 15.6. The van der Waals surface area contributed by atoms with Gasteiger partial charge in [0, 0.05) is 22.3 Å². The minimum Gasteiger partial charge on any atom is -0.285 e. The summed E-state index contributed by atoms with van der Waals surface area (Å²) in [4.78, 5) is 49.0. The van der Waals surface area contributed by atoms with E-state index in [-0.39, 0.29) is 51.6 Å². The van der Waals surface area contributed by atoms with Crippen LogP contribution in [0.15, 0.2) is 187 Å². The average molecular weight is 763 g/mol. The van der Waals surface area contributed by atoms with Crippen LogP contribution in [-0.2, 0) is 29.5 Å². The van der Waals surface area contributed by atoms with E-state index in [4.69, 9.17) is 0 Å². The lowest BCUT2D eigenvalue weighted by Crippen LogP contribution is -2.14. The normalized spacial score (nSPS) is 11.8. The molecular formula is C40H26O10S3. The number of benzene rings is 6. The number of carbonyl (C=O) groups excluding carboxylic acids is 4. The van der Waals surface area contributed by atoms with Gasteiger partial charge < -0.3 is 0 Å². The molecule has 0 saturated heterocycles. The van der Waals surface area contributed by atoms with Crippen molar-refractivity contribution < 1.29 is 44.4 Å². The van der Waals surface area contributed by atoms with Crippen LogP contribution < -0.4 is 0 Å². The third-order valence-electron chi connectivity index (χ3n) is 8.23. The van der Waals surface area contributed by atoms with Crippen LogP contribution >= 0.6 is 0 Å². The highest BCUT2D eigenvalue weighted by molar-refractivity contribution is 7.92. The second kappa shape index (κ2) is 14.5. The molecule has 0 aliphatic heterocycles. The number of hydrogen-bond donors (Lipinski definition) is 0. The maximum absolute atomic E-state index is 13.4. The first kappa shape index (κ1) is 36.6. The minimum absolute atomic E-state index is 0.000297. The predicted octanol–water partition coefficient (Wildman–Crippen LogP) is 6.32. The van der Waals surface area contributed by atoms with E-state index >= 15 is 0 Å². The van der Waals surface area contributed by atoms with Gasteiger partial charge in [-0.25, -0.2) is 25.3 Å². The Labute approximate surface area is 305 Å². The van der Waals surface area contributed by atoms with Crippen molar-refractivity contribution in [1.29, 1.82) is 0 Å². The van der Waals surface area contributed by atoms with Crippen molar-refractivity contribution in [1.82, 2.24) is 0 Å². The molecule has 13 heteroatoms. The minimum atomic E-state index is -4.21. The zero-order chi connectivity index (χ0) is 38.0. The van der Waals surface area contributed by atoms with Gasteiger partial charge in [-0.15, -0.1) is 0 Å². The van der Waals surface area contributed by atoms with Gasteiger partial charge in [0.05, 0.1) is 29.4 Å². The van der Waals surface area contributed by atoms with Crippen LogP contribution in [0.1, 0.15) is 41.4 Å². The maximum atomic E-state index is 13.4. The van der Waals surface area contributed by atoms with Gasteiger partial charge in [-0.2, -0.15) is 0 Å². The molecule has 0 heterocycles. The van der Waals surface area contributed by atoms with Crippen molar-refractivity contribution in [2.75, 3.05) is 0 Å². The molecule has 0 spiro atoms. The predicted molar refractivity (Wildman–Crippen MR) is 192 cm³/mol. The second-order valence-electron chi connectivity index (χ2n) is 11.6. The molecule has 0 fully saturated rings. The number of carbonyl (C=O) groups is 4. The SMILES string of the molecule is O=C(C(=O)c1ccc(S(=O)(=O)c2ccc(S(=O)(=O)c3ccc(S(=O)(=O)c4ccc(C(=O)C(=O)c5ccccc5)cc4)cc3)cc2)cc1)c1ccccc1. The van der Waals surface area contributed by atoms with Crippen molar-refractivity contribution >= 4 is 52.6 Å². The van der Waals surface area contributed by atoms with Crippen LogP contribution in [0, 0.1) is 0 Å². The number of Topliss-reactive ketones (excluding diaryl/α,β-unsaturated/α-hetero) is 4. The number of hydrogen-bond acceptors (Lipinski definition) is 10. The largest absolute Gasteiger partial charge is 0.285 e. The molecule has 10 nitrogen and oxygen atoms in total. The maximum Gasteiger partial charge on any atom is 0.233 e. The fourth-order valence-corrected chi connectivity index (χ4v) is 9.06. The van der Waals surface area contributed by atoms with E-state index in [0.29, 0.717) is 0 Å². The molecule has 0 bridgehead atoms. The molecule has 0 saturated carbocycles. The van der Waals surface area contributed by atoms with Crippen molar-refractivity contribution in [2.24, 2.45) is 0 Å². The van der Waals surface area contributed by atoms with Gasteiger partial charge in [-0.1, -0.05) is 60.7 Å². The Morgan fingerprint density at radius 2 is 0.415 bits per heavy atom. The summed E-state index contributed by atoms with van der Waals surface area (Å²) in [6.07, 6.45) is 0. The van der Waals surface area contributed by atoms with Crippen LogP contribution in [-0.4, -0.2) is 48.4 Å². The van der Waals surface area contributed by atoms with E-state index in [2.05, 4.69) is 0 Å². The molecule has 0 atom stereocenters. The molecule has 6 aromatic rings. The standard InChI is InChI=1S/C40H26O10S3/c41-37(27-7-3-1-4-8-27)39(43)29-11-15-31(16-12-29)51(45,46)33-19-23-35(24-20-33)53(49,50)36-25-21-34(22-26-36)52(47,48)32-17-13-30(14-18-32)40(44)38(42)28-9-5-2-6-10-28/h1-26H. The molecule has 0 radical (unpaired) electrons. The Morgan fingerprint density at radius 1 is 0.245 bits per heavy atom. The lowest BCUT2D eigenvalue weighted by molar-refractivity contribution is 0.0817. The topological polar surface area (TPSA) is 171 Å². The Balaban J connectivity index is 1.15. The summed E-state index contributed by atoms with van der Waals surface area (Å²) in [5.74, 6) is -3.10. The lowest BCUT2D eigenvalue weighted by atomic mass is 10.0. The van der Waals surface area contributed by atoms with Crippen LogP contribution in [0.2, 0.25) is 0 Å². The van der Waals surface area contributed by atoms with Gasteiger partial charge in [0.15, 0.2) is 0 Å². The summed E-state index contributed by atoms with van der Waals surface area (Å²) in [6.45, 7) is 0. The fourth-order valence-electron chi connectivity index (χ4n) is 5.28. The van der Waals surface area contributed by atoms with E-state index in [1.165, 1.54) is 72.8 Å². The third kappa shape index (κ3) is 7.31. The zero-order valence-corrected chi connectivity index (χ0v) is 29.8. The Bertz CT molecular complexity index is 2520. The molecule has 0 aliphatic rings. The fraction of sp³-hybridized carbons (Fsp3) is 0. The summed E-state index contributed by atoms with van der Waals surface area (Å²) in [5.41, 5.74) is 0.391. The van der Waals surface area contributed by atoms with Gasteiger partial charge >= 0.3 is 0 Å². The van der Waals surface area contributed by atoms with E-state index in [9.17, 15) is 44.4 Å². The highest BCUT2D eigenvalue weighted by Crippen LogP contribution is 2.28. The summed E-state index contributed by atoms with van der Waals surface area (Å²) >= 11 is 0. The molecule has 0 N–H and O–H groups in total. The third-order valence-corrected chi connectivity index (χ3v) is 13.6. The number of sulfone groups is 3. The smallest absolute Gasteiger partial charge is 0.233 e. The molecule has 53 heavy (non-hydrogen) atoms. The van der Waals surface area contributed by atoms with E-state index in [1.807, 2.05) is 0 Å². The van der Waals surface area contributed by atoms with Gasteiger partial charge in [-0.3, -0.25) is 19.2 Å². The Kier molecular flexibility index (Phi) is 10.00. The van der Waals surface area contributed by atoms with Crippen LogP contribution in [0.5, 0.6) is 0 Å². The summed E-state index contributed by atoms with van der Waals surface area (Å²) < 4.78 is 80.0. The van der Waals surface area contributed by atoms with Gasteiger partial charge in [0.2, 0.25) is 52.6 Å². The Hall–Kier alpha value is -6.15. The first-order chi connectivity index (χ1) is 25.2. The molecular weight excluding hydrogens is 737 g/mol. The molecule has 0 unspecified atom stereocenters. The molecule has 0 aliphatic carbocycles. The second-order valence-corrected chi connectivity index (χ2v) is 17.4. The first-order valence-corrected chi connectivity index (χ1v) is 20.1. The monoisotopic (exact) mass is 762 g/mol. The average Bonchev–Trinajstić information content (AvgIpc) is 3.20. The molecule has 264 valence electrons. The quantitative estimate of drug-likeness (QED) is 0.102. The Morgan fingerprint density at radius 3 is 0.623 bits per heavy atom. The van der Waals surface area contributed by atoms with Crippen molar-refractivity contribution in [3.05, 3.63) is 180 Å². The van der Waals surface area contributed by atoms with Crippen molar-refractivity contribution in [3.8, 4) is 0 Å². The molecule has 6 rings (SSSR count). The van der Waals surface area contributed by atoms with E-state index < -0.39 is 52.6 Å². The number of rotatable bonds is 12. The van der Waals surface area contributed by atoms with Gasteiger partial charge in [0.25, 0.3) is 0 Å². The highest BCUT2D eigenvalue weighted by Gasteiger charge is 2.25. The van der Waals surface area contributed by atoms with Crippen LogP contribution in [0.4, 0.5) is 0 Å². The van der Waals surface area contributed by atoms with Crippen molar-refractivity contribution in [2.45, 2.75) is 29.4 Å². The highest BCUT2D eigenvalue weighted by atomic mass is 32.2. The summed E-state index contributed by atoms with van der Waals surface area (Å²) in [7, 11) is -12.5.